The third-order valence-corrected chi connectivity index (χ3v) is 5.04. The van der Waals surface area contributed by atoms with Crippen molar-refractivity contribution in [1.29, 1.82) is 0 Å². The van der Waals surface area contributed by atoms with Gasteiger partial charge in [-0.05, 0) is 59.0 Å². The number of hydrogen-bond acceptors (Lipinski definition) is 5. The lowest BCUT2D eigenvalue weighted by atomic mass is 10.1. The Labute approximate surface area is 206 Å². The van der Waals surface area contributed by atoms with Crippen molar-refractivity contribution in [1.82, 2.24) is 9.97 Å². The summed E-state index contributed by atoms with van der Waals surface area (Å²) in [7, 11) is 0. The number of aromatic nitrogens is 2. The molecule has 0 unspecified atom stereocenters. The molecule has 4 rings (SSSR count). The van der Waals surface area contributed by atoms with Crippen LogP contribution in [0.3, 0.4) is 0 Å². The molecule has 0 spiro atoms. The minimum atomic E-state index is -0.128. The largest absolute Gasteiger partial charge is 0.490 e. The van der Waals surface area contributed by atoms with E-state index in [9.17, 15) is 0 Å². The molecule has 0 aliphatic heterocycles. The number of nitrogens with zero attached hydrogens (tertiary/aromatic N) is 2. The number of hydrogen-bond donors (Lipinski definition) is 1. The molecule has 0 aliphatic rings. The molecule has 34 heavy (non-hydrogen) atoms. The van der Waals surface area contributed by atoms with E-state index in [1.54, 1.807) is 24.8 Å². The molecule has 0 bridgehead atoms. The van der Waals surface area contributed by atoms with Crippen LogP contribution >= 0.6 is 12.4 Å². The predicted octanol–water partition coefficient (Wildman–Crippen LogP) is 5.60. The van der Waals surface area contributed by atoms with Gasteiger partial charge in [-0.3, -0.25) is 9.97 Å². The Morgan fingerprint density at radius 1 is 0.735 bits per heavy atom. The van der Waals surface area contributed by atoms with E-state index in [0.29, 0.717) is 25.4 Å². The first-order valence-electron chi connectivity index (χ1n) is 10.9. The fraction of sp³-hybridized carbons (Fsp3) is 0.143. The first-order valence-corrected chi connectivity index (χ1v) is 10.9. The molecule has 0 amide bonds. The minimum Gasteiger partial charge on any atom is -0.490 e. The quantitative estimate of drug-likeness (QED) is 0.325. The second-order valence-corrected chi connectivity index (χ2v) is 7.76. The van der Waals surface area contributed by atoms with Crippen LogP contribution in [0, 0.1) is 0 Å². The average Bonchev–Trinajstić information content (AvgIpc) is 2.87. The summed E-state index contributed by atoms with van der Waals surface area (Å²) in [5.41, 5.74) is 10.6. The molecule has 0 radical (unpaired) electrons. The molecule has 2 aromatic carbocycles. The highest BCUT2D eigenvalue weighted by Gasteiger charge is 2.07. The van der Waals surface area contributed by atoms with Crippen LogP contribution in [-0.4, -0.2) is 22.6 Å². The predicted molar refractivity (Wildman–Crippen MR) is 139 cm³/mol. The summed E-state index contributed by atoms with van der Waals surface area (Å²) < 4.78 is 11.7. The molecule has 0 aliphatic carbocycles. The van der Waals surface area contributed by atoms with Gasteiger partial charge in [-0.25, -0.2) is 0 Å². The van der Waals surface area contributed by atoms with Gasteiger partial charge in [-0.1, -0.05) is 54.6 Å². The van der Waals surface area contributed by atoms with Crippen LogP contribution in [0.15, 0.2) is 97.6 Å². The zero-order valence-electron chi connectivity index (χ0n) is 18.8. The first kappa shape index (κ1) is 25.0. The van der Waals surface area contributed by atoms with E-state index >= 15 is 0 Å². The Kier molecular flexibility index (Phi) is 9.65. The van der Waals surface area contributed by atoms with Crippen molar-refractivity contribution in [3.05, 3.63) is 120 Å². The van der Waals surface area contributed by atoms with Gasteiger partial charge in [-0.2, -0.15) is 0 Å². The zero-order valence-corrected chi connectivity index (χ0v) is 19.6. The number of nitrogens with two attached hydrogens (primary N) is 1. The number of benzene rings is 2. The third-order valence-electron chi connectivity index (χ3n) is 5.04. The van der Waals surface area contributed by atoms with E-state index in [4.69, 9.17) is 15.2 Å². The van der Waals surface area contributed by atoms with Crippen LogP contribution in [0.4, 0.5) is 0 Å². The molecular formula is C28H28ClN3O2. The van der Waals surface area contributed by atoms with Gasteiger partial charge in [0.05, 0.1) is 6.20 Å². The Morgan fingerprint density at radius 2 is 1.47 bits per heavy atom. The van der Waals surface area contributed by atoms with Gasteiger partial charge >= 0.3 is 0 Å². The summed E-state index contributed by atoms with van der Waals surface area (Å²) >= 11 is 0. The van der Waals surface area contributed by atoms with Gasteiger partial charge in [0.25, 0.3) is 0 Å². The maximum Gasteiger partial charge on any atom is 0.138 e. The van der Waals surface area contributed by atoms with Crippen molar-refractivity contribution in [2.24, 2.45) is 5.73 Å². The molecule has 0 fully saturated rings. The van der Waals surface area contributed by atoms with E-state index in [1.807, 2.05) is 72.8 Å². The highest BCUT2D eigenvalue weighted by atomic mass is 35.5. The summed E-state index contributed by atoms with van der Waals surface area (Å²) in [5.74, 6) is 1.54. The van der Waals surface area contributed by atoms with Gasteiger partial charge < -0.3 is 15.2 Å². The van der Waals surface area contributed by atoms with E-state index in [2.05, 4.69) is 22.1 Å². The number of rotatable bonds is 10. The minimum absolute atomic E-state index is 0. The van der Waals surface area contributed by atoms with Crippen molar-refractivity contribution in [2.45, 2.75) is 19.1 Å². The maximum absolute atomic E-state index is 6.30. The van der Waals surface area contributed by atoms with Gasteiger partial charge in [0.2, 0.25) is 0 Å². The van der Waals surface area contributed by atoms with Gasteiger partial charge in [0.15, 0.2) is 0 Å². The Bertz CT molecular complexity index is 1150. The maximum atomic E-state index is 6.30. The topological polar surface area (TPSA) is 70.3 Å². The smallest absolute Gasteiger partial charge is 0.138 e. The summed E-state index contributed by atoms with van der Waals surface area (Å²) in [6.45, 7) is 0.962. The molecule has 2 heterocycles. The lowest BCUT2D eigenvalue weighted by Crippen LogP contribution is -2.30. The van der Waals surface area contributed by atoms with Crippen molar-refractivity contribution < 1.29 is 9.47 Å². The van der Waals surface area contributed by atoms with Crippen molar-refractivity contribution >= 4 is 24.6 Å². The van der Waals surface area contributed by atoms with Gasteiger partial charge in [0, 0.05) is 24.6 Å². The van der Waals surface area contributed by atoms with E-state index in [1.165, 1.54) is 0 Å². The third kappa shape index (κ3) is 8.03. The van der Waals surface area contributed by atoms with Crippen LogP contribution in [0.5, 0.6) is 11.5 Å². The molecular weight excluding hydrogens is 446 g/mol. The molecule has 2 aromatic heterocycles. The van der Waals surface area contributed by atoms with Crippen LogP contribution in [0.1, 0.15) is 22.3 Å². The highest BCUT2D eigenvalue weighted by Crippen LogP contribution is 2.17. The van der Waals surface area contributed by atoms with Gasteiger partial charge in [-0.15, -0.1) is 12.4 Å². The summed E-state index contributed by atoms with van der Waals surface area (Å²) in [6, 6.07) is 23.9. The summed E-state index contributed by atoms with van der Waals surface area (Å²) in [6.07, 6.45) is 11.8. The van der Waals surface area contributed by atoms with Crippen LogP contribution < -0.4 is 15.2 Å². The second-order valence-electron chi connectivity index (χ2n) is 7.76. The fourth-order valence-electron chi connectivity index (χ4n) is 3.30. The Morgan fingerprint density at radius 3 is 2.24 bits per heavy atom. The highest BCUT2D eigenvalue weighted by molar-refractivity contribution is 5.85. The lowest BCUT2D eigenvalue weighted by Gasteiger charge is -2.14. The molecule has 174 valence electrons. The average molecular weight is 474 g/mol. The van der Waals surface area contributed by atoms with E-state index < -0.39 is 0 Å². The van der Waals surface area contributed by atoms with E-state index in [0.717, 1.165) is 28.0 Å². The molecule has 0 saturated heterocycles. The van der Waals surface area contributed by atoms with Crippen LogP contribution in [0.25, 0.3) is 12.2 Å². The molecule has 1 atom stereocenters. The van der Waals surface area contributed by atoms with E-state index in [-0.39, 0.29) is 18.4 Å². The van der Waals surface area contributed by atoms with Gasteiger partial charge in [0.1, 0.15) is 24.7 Å². The number of ether oxygens (including phenoxy) is 2. The second kappa shape index (κ2) is 13.1. The number of halogens is 1. The SMILES string of the molecule is Cl.N[C@H](COc1cncc(C=Cc2ccncc2)c1)Cc1ccc(OCc2ccccc2)cc1. The summed E-state index contributed by atoms with van der Waals surface area (Å²) in [4.78, 5) is 8.29. The molecule has 4 aromatic rings. The first-order chi connectivity index (χ1) is 16.2. The Hall–Kier alpha value is -3.67. The molecule has 6 heteroatoms. The summed E-state index contributed by atoms with van der Waals surface area (Å²) in [5, 5.41) is 0. The molecule has 5 nitrogen and oxygen atoms in total. The van der Waals surface area contributed by atoms with Crippen molar-refractivity contribution in [3.63, 3.8) is 0 Å². The van der Waals surface area contributed by atoms with Crippen molar-refractivity contribution in [2.75, 3.05) is 6.61 Å². The monoisotopic (exact) mass is 473 g/mol. The fourth-order valence-corrected chi connectivity index (χ4v) is 3.30. The van der Waals surface area contributed by atoms with Crippen molar-refractivity contribution in [3.8, 4) is 11.5 Å². The molecule has 0 saturated carbocycles. The molecule has 2 N–H and O–H groups in total. The van der Waals surface area contributed by atoms with Crippen LogP contribution in [-0.2, 0) is 13.0 Å². The number of pyridine rings is 2. The lowest BCUT2D eigenvalue weighted by molar-refractivity contribution is 0.286. The standard InChI is InChI=1S/C28H27N3O2.ClH/c29-26(16-23-8-10-27(11-9-23)32-20-24-4-2-1-3-5-24)21-33-28-17-25(18-31-19-28)7-6-22-12-14-30-15-13-22;/h1-15,17-19,26H,16,20-21,29H2;1H/t26-;/m0./s1. The normalized spacial score (nSPS) is 11.6. The Balaban J connectivity index is 0.00000324. The zero-order chi connectivity index (χ0) is 22.7. The van der Waals surface area contributed by atoms with Crippen LogP contribution in [0.2, 0.25) is 0 Å².